The Morgan fingerprint density at radius 1 is 1.57 bits per heavy atom. The SMILES string of the molecule is O=C(O)c1cnc(Cl)c(O)c1C(F)F. The van der Waals surface area contributed by atoms with Crippen molar-refractivity contribution >= 4 is 17.6 Å². The van der Waals surface area contributed by atoms with Gasteiger partial charge in [0.2, 0.25) is 0 Å². The van der Waals surface area contributed by atoms with Crippen LogP contribution in [0.15, 0.2) is 6.20 Å². The minimum atomic E-state index is -3.12. The zero-order valence-corrected chi connectivity index (χ0v) is 7.29. The minimum Gasteiger partial charge on any atom is -0.504 e. The van der Waals surface area contributed by atoms with Crippen molar-refractivity contribution < 1.29 is 23.8 Å². The van der Waals surface area contributed by atoms with Crippen LogP contribution in [0.3, 0.4) is 0 Å². The number of carboxylic acid groups (broad SMARTS) is 1. The van der Waals surface area contributed by atoms with Gasteiger partial charge in [-0.3, -0.25) is 0 Å². The second kappa shape index (κ2) is 3.75. The molecule has 7 heteroatoms. The normalized spacial score (nSPS) is 10.6. The Hall–Kier alpha value is -1.43. The molecule has 0 aromatic carbocycles. The molecular weight excluding hydrogens is 220 g/mol. The Morgan fingerprint density at radius 2 is 2.14 bits per heavy atom. The second-order valence-corrected chi connectivity index (χ2v) is 2.69. The van der Waals surface area contributed by atoms with Gasteiger partial charge < -0.3 is 10.2 Å². The highest BCUT2D eigenvalue weighted by Gasteiger charge is 2.24. The van der Waals surface area contributed by atoms with E-state index in [0.717, 1.165) is 0 Å². The summed E-state index contributed by atoms with van der Waals surface area (Å²) in [6.45, 7) is 0. The molecule has 1 aromatic heterocycles. The lowest BCUT2D eigenvalue weighted by atomic mass is 10.1. The maximum absolute atomic E-state index is 12.3. The number of aromatic carboxylic acids is 1. The quantitative estimate of drug-likeness (QED) is 0.753. The number of carboxylic acids is 1. The highest BCUT2D eigenvalue weighted by atomic mass is 35.5. The molecule has 4 nitrogen and oxygen atoms in total. The number of alkyl halides is 2. The van der Waals surface area contributed by atoms with Crippen LogP contribution in [0.25, 0.3) is 0 Å². The maximum Gasteiger partial charge on any atom is 0.337 e. The lowest BCUT2D eigenvalue weighted by Gasteiger charge is -2.07. The highest BCUT2D eigenvalue weighted by Crippen LogP contribution is 2.35. The Bertz CT molecular complexity index is 383. The van der Waals surface area contributed by atoms with E-state index in [1.807, 2.05) is 0 Å². The van der Waals surface area contributed by atoms with Crippen LogP contribution in [0.2, 0.25) is 5.15 Å². The van der Waals surface area contributed by atoms with E-state index in [9.17, 15) is 13.6 Å². The van der Waals surface area contributed by atoms with E-state index in [-0.39, 0.29) is 0 Å². The summed E-state index contributed by atoms with van der Waals surface area (Å²) < 4.78 is 24.6. The fourth-order valence-corrected chi connectivity index (χ4v) is 1.03. The summed E-state index contributed by atoms with van der Waals surface area (Å²) >= 11 is 5.25. The van der Waals surface area contributed by atoms with Crippen LogP contribution in [-0.4, -0.2) is 21.2 Å². The van der Waals surface area contributed by atoms with Gasteiger partial charge in [-0.25, -0.2) is 18.6 Å². The summed E-state index contributed by atoms with van der Waals surface area (Å²) in [6.07, 6.45) is -2.45. The lowest BCUT2D eigenvalue weighted by Crippen LogP contribution is -2.04. The van der Waals surface area contributed by atoms with Crippen LogP contribution in [0, 0.1) is 0 Å². The second-order valence-electron chi connectivity index (χ2n) is 2.33. The first-order chi connectivity index (χ1) is 6.45. The first-order valence-corrected chi connectivity index (χ1v) is 3.71. The lowest BCUT2D eigenvalue weighted by molar-refractivity contribution is 0.0682. The number of hydrogen-bond acceptors (Lipinski definition) is 3. The third-order valence-electron chi connectivity index (χ3n) is 1.50. The number of rotatable bonds is 2. The van der Waals surface area contributed by atoms with Gasteiger partial charge in [-0.1, -0.05) is 11.6 Å². The Kier molecular flexibility index (Phi) is 2.85. The van der Waals surface area contributed by atoms with Crippen LogP contribution in [-0.2, 0) is 0 Å². The van der Waals surface area contributed by atoms with Crippen molar-refractivity contribution in [2.75, 3.05) is 0 Å². The van der Waals surface area contributed by atoms with E-state index in [2.05, 4.69) is 4.98 Å². The molecule has 1 heterocycles. The zero-order valence-electron chi connectivity index (χ0n) is 6.54. The van der Waals surface area contributed by atoms with E-state index in [1.54, 1.807) is 0 Å². The largest absolute Gasteiger partial charge is 0.504 e. The highest BCUT2D eigenvalue weighted by molar-refractivity contribution is 6.31. The molecule has 0 spiro atoms. The van der Waals surface area contributed by atoms with Gasteiger partial charge in [0.25, 0.3) is 6.43 Å². The molecule has 0 aliphatic rings. The van der Waals surface area contributed by atoms with Gasteiger partial charge in [-0.15, -0.1) is 0 Å². The maximum atomic E-state index is 12.3. The van der Waals surface area contributed by atoms with E-state index in [1.165, 1.54) is 0 Å². The van der Waals surface area contributed by atoms with Crippen LogP contribution in [0.4, 0.5) is 8.78 Å². The molecule has 0 saturated carbocycles. The Morgan fingerprint density at radius 3 is 2.57 bits per heavy atom. The number of nitrogens with zero attached hydrogens (tertiary/aromatic N) is 1. The number of aromatic hydroxyl groups is 1. The molecule has 0 amide bonds. The first kappa shape index (κ1) is 10.6. The monoisotopic (exact) mass is 223 g/mol. The van der Waals surface area contributed by atoms with Crippen molar-refractivity contribution in [3.8, 4) is 5.75 Å². The molecule has 0 aliphatic heterocycles. The number of pyridine rings is 1. The standard InChI is InChI=1S/C7H4ClF2NO3/c8-5-4(12)3(6(9)10)2(1-11-5)7(13)14/h1,6,12H,(H,13,14). The van der Waals surface area contributed by atoms with Crippen LogP contribution in [0.1, 0.15) is 22.3 Å². The van der Waals surface area contributed by atoms with E-state index < -0.39 is 34.4 Å². The topological polar surface area (TPSA) is 70.4 Å². The average molecular weight is 224 g/mol. The first-order valence-electron chi connectivity index (χ1n) is 3.34. The molecule has 0 bridgehead atoms. The summed E-state index contributed by atoms with van der Waals surface area (Å²) in [6, 6.07) is 0. The molecule has 0 radical (unpaired) electrons. The van der Waals surface area contributed by atoms with Crippen molar-refractivity contribution in [2.45, 2.75) is 6.43 Å². The van der Waals surface area contributed by atoms with Gasteiger partial charge in [0.1, 0.15) is 0 Å². The Labute approximate surface area is 81.8 Å². The van der Waals surface area contributed by atoms with Crippen molar-refractivity contribution in [1.29, 1.82) is 0 Å². The molecule has 2 N–H and O–H groups in total. The summed E-state index contributed by atoms with van der Waals surface area (Å²) in [7, 11) is 0. The molecule has 0 fully saturated rings. The molecule has 1 rings (SSSR count). The zero-order chi connectivity index (χ0) is 10.9. The number of hydrogen-bond donors (Lipinski definition) is 2. The minimum absolute atomic E-state index is 0.551. The fourth-order valence-electron chi connectivity index (χ4n) is 0.882. The number of halogens is 3. The van der Waals surface area contributed by atoms with Gasteiger partial charge in [-0.05, 0) is 0 Å². The van der Waals surface area contributed by atoms with E-state index in [4.69, 9.17) is 21.8 Å². The van der Waals surface area contributed by atoms with Crippen molar-refractivity contribution in [1.82, 2.24) is 4.98 Å². The molecule has 14 heavy (non-hydrogen) atoms. The van der Waals surface area contributed by atoms with E-state index >= 15 is 0 Å². The van der Waals surface area contributed by atoms with E-state index in [0.29, 0.717) is 6.20 Å². The Balaban J connectivity index is 3.45. The summed E-state index contributed by atoms with van der Waals surface area (Å²) in [5, 5.41) is 17.0. The molecule has 0 atom stereocenters. The van der Waals surface area contributed by atoms with Gasteiger partial charge >= 0.3 is 5.97 Å². The van der Waals surface area contributed by atoms with Gasteiger partial charge in [0.05, 0.1) is 11.1 Å². The van der Waals surface area contributed by atoms with Gasteiger partial charge in [0, 0.05) is 6.20 Å². The summed E-state index contributed by atoms with van der Waals surface area (Å²) in [5.41, 5.74) is -1.78. The third-order valence-corrected chi connectivity index (χ3v) is 1.77. The number of carbonyl (C=O) groups is 1. The molecule has 1 aromatic rings. The predicted octanol–water partition coefficient (Wildman–Crippen LogP) is 2.08. The van der Waals surface area contributed by atoms with Crippen molar-refractivity contribution in [3.63, 3.8) is 0 Å². The number of aromatic nitrogens is 1. The van der Waals surface area contributed by atoms with Gasteiger partial charge in [0.15, 0.2) is 10.9 Å². The van der Waals surface area contributed by atoms with Crippen molar-refractivity contribution in [2.24, 2.45) is 0 Å². The summed E-state index contributed by atoms with van der Waals surface area (Å²) in [5.74, 6) is -2.60. The van der Waals surface area contributed by atoms with Crippen molar-refractivity contribution in [3.05, 3.63) is 22.5 Å². The van der Waals surface area contributed by atoms with Crippen LogP contribution < -0.4 is 0 Å². The third kappa shape index (κ3) is 1.74. The summed E-state index contributed by atoms with van der Waals surface area (Å²) in [4.78, 5) is 13.7. The van der Waals surface area contributed by atoms with Crippen LogP contribution in [0.5, 0.6) is 5.75 Å². The molecular formula is C7H4ClF2NO3. The average Bonchev–Trinajstić information content (AvgIpc) is 2.08. The predicted molar refractivity (Wildman–Crippen MR) is 42.8 cm³/mol. The molecule has 0 aliphatic carbocycles. The molecule has 76 valence electrons. The van der Waals surface area contributed by atoms with Crippen LogP contribution >= 0.6 is 11.6 Å². The molecule has 0 unspecified atom stereocenters. The fraction of sp³-hybridized carbons (Fsp3) is 0.143. The smallest absolute Gasteiger partial charge is 0.337 e. The molecule has 0 saturated heterocycles. The van der Waals surface area contributed by atoms with Gasteiger partial charge in [-0.2, -0.15) is 0 Å².